The first kappa shape index (κ1) is 39.0. The Morgan fingerprint density at radius 3 is 2.04 bits per heavy atom. The summed E-state index contributed by atoms with van der Waals surface area (Å²) in [6.45, 7) is 7.38. The zero-order chi connectivity index (χ0) is 35.2. The van der Waals surface area contributed by atoms with Crippen LogP contribution in [0, 0.1) is 16.7 Å². The lowest BCUT2D eigenvalue weighted by Gasteiger charge is -2.32. The van der Waals surface area contributed by atoms with E-state index in [4.69, 9.17) is 5.73 Å². The van der Waals surface area contributed by atoms with Crippen LogP contribution in [0.15, 0.2) is 24.3 Å². The van der Waals surface area contributed by atoms with Gasteiger partial charge in [0.2, 0.25) is 17.7 Å². The molecule has 262 valence electrons. The highest BCUT2D eigenvalue weighted by Crippen LogP contribution is 2.34. The Balaban J connectivity index is 1.70. The molecule has 0 saturated heterocycles. The molecule has 13 heteroatoms. The Kier molecular flexibility index (Phi) is 15.2. The normalized spacial score (nSPS) is 14.6. The molecule has 1 aromatic rings. The van der Waals surface area contributed by atoms with Crippen LogP contribution in [0.4, 0.5) is 5.69 Å². The highest BCUT2D eigenvalue weighted by atomic mass is 16.4. The van der Waals surface area contributed by atoms with Crippen molar-refractivity contribution < 1.29 is 39.0 Å². The van der Waals surface area contributed by atoms with Gasteiger partial charge in [-0.2, -0.15) is 0 Å². The molecule has 47 heavy (non-hydrogen) atoms. The number of benzene rings is 1. The lowest BCUT2D eigenvalue weighted by Crippen LogP contribution is -2.48. The first-order valence-corrected chi connectivity index (χ1v) is 16.5. The van der Waals surface area contributed by atoms with E-state index in [1.165, 1.54) is 33.1 Å². The molecule has 8 N–H and O–H groups in total. The molecule has 0 bridgehead atoms. The van der Waals surface area contributed by atoms with Gasteiger partial charge in [0.15, 0.2) is 0 Å². The number of nitrogens with two attached hydrogens (primary N) is 1. The van der Waals surface area contributed by atoms with E-state index in [9.17, 15) is 39.0 Å². The fourth-order valence-electron chi connectivity index (χ4n) is 5.61. The molecule has 0 aliphatic heterocycles. The van der Waals surface area contributed by atoms with E-state index in [1.54, 1.807) is 26.0 Å². The summed E-state index contributed by atoms with van der Waals surface area (Å²) in [5.74, 6) is -3.51. The van der Waals surface area contributed by atoms with Crippen molar-refractivity contribution in [3.8, 4) is 0 Å². The first-order chi connectivity index (χ1) is 22.0. The number of carbonyl (C=O) groups is 6. The van der Waals surface area contributed by atoms with E-state index >= 15 is 0 Å². The maximum atomic E-state index is 12.8. The Morgan fingerprint density at radius 1 is 0.851 bits per heavy atom. The largest absolute Gasteiger partial charge is 0.481 e. The molecule has 0 heterocycles. The second-order valence-electron chi connectivity index (χ2n) is 13.9. The quantitative estimate of drug-likeness (QED) is 0.0906. The zero-order valence-electron chi connectivity index (χ0n) is 28.2. The third kappa shape index (κ3) is 13.6. The molecule has 13 nitrogen and oxygen atoms in total. The number of anilines is 1. The molecule has 1 aliphatic carbocycles. The number of hydrogen-bond acceptors (Lipinski definition) is 7. The van der Waals surface area contributed by atoms with Crippen LogP contribution in [0.5, 0.6) is 0 Å². The van der Waals surface area contributed by atoms with Crippen LogP contribution in [0.3, 0.4) is 0 Å². The average Bonchev–Trinajstić information content (AvgIpc) is 2.96. The summed E-state index contributed by atoms with van der Waals surface area (Å²) in [6, 6.07) is 5.13. The van der Waals surface area contributed by atoms with Crippen molar-refractivity contribution in [2.45, 2.75) is 110 Å². The topological polar surface area (TPSA) is 217 Å². The van der Waals surface area contributed by atoms with Crippen molar-refractivity contribution in [1.82, 2.24) is 16.0 Å². The van der Waals surface area contributed by atoms with Crippen molar-refractivity contribution in [2.75, 3.05) is 18.4 Å². The number of carboxylic acids is 2. The first-order valence-electron chi connectivity index (χ1n) is 16.5. The lowest BCUT2D eigenvalue weighted by molar-refractivity contribution is -0.151. The zero-order valence-corrected chi connectivity index (χ0v) is 28.2. The maximum absolute atomic E-state index is 12.8. The van der Waals surface area contributed by atoms with Crippen LogP contribution in [0.25, 0.3) is 0 Å². The Morgan fingerprint density at radius 2 is 1.49 bits per heavy atom. The molecule has 0 spiro atoms. The van der Waals surface area contributed by atoms with Gasteiger partial charge in [0, 0.05) is 36.2 Å². The van der Waals surface area contributed by atoms with Gasteiger partial charge in [0.05, 0.1) is 5.41 Å². The SMILES string of the molecule is CC(C)(CC(C)(C)C(=O)N[C@@H](CCCC(=O)N[C@@H](CCCCNC(=O)c1ccc(NCCC2CCC2)cc1)C(N)=O)C(=O)O)C(=O)O. The number of carbonyl (C=O) groups excluding carboxylic acids is 4. The van der Waals surface area contributed by atoms with Gasteiger partial charge in [-0.05, 0) is 89.0 Å². The van der Waals surface area contributed by atoms with Crippen molar-refractivity contribution in [3.63, 3.8) is 0 Å². The molecule has 2 atom stereocenters. The number of aliphatic carboxylic acids is 2. The average molecular weight is 660 g/mol. The molecule has 4 amide bonds. The van der Waals surface area contributed by atoms with Gasteiger partial charge >= 0.3 is 11.9 Å². The third-order valence-corrected chi connectivity index (χ3v) is 8.71. The summed E-state index contributed by atoms with van der Waals surface area (Å²) in [7, 11) is 0. The summed E-state index contributed by atoms with van der Waals surface area (Å²) in [4.78, 5) is 73.0. The highest BCUT2D eigenvalue weighted by Gasteiger charge is 2.40. The van der Waals surface area contributed by atoms with Crippen LogP contribution < -0.4 is 27.0 Å². The van der Waals surface area contributed by atoms with Crippen LogP contribution >= 0.6 is 0 Å². The third-order valence-electron chi connectivity index (χ3n) is 8.71. The van der Waals surface area contributed by atoms with Crippen LogP contribution in [0.1, 0.15) is 109 Å². The fourth-order valence-corrected chi connectivity index (χ4v) is 5.61. The van der Waals surface area contributed by atoms with Crippen molar-refractivity contribution >= 4 is 41.3 Å². The smallest absolute Gasteiger partial charge is 0.326 e. The van der Waals surface area contributed by atoms with Gasteiger partial charge in [-0.1, -0.05) is 33.1 Å². The Labute approximate surface area is 277 Å². The monoisotopic (exact) mass is 659 g/mol. The number of hydrogen-bond donors (Lipinski definition) is 7. The standard InChI is InChI=1S/C34H53N5O8/c1-33(2,21-34(3,4)32(46)47)31(45)39-26(30(43)44)12-8-13-27(40)38-25(28(35)41)11-5-6-19-37-29(42)23-14-16-24(17-15-23)36-20-18-22-9-7-10-22/h14-17,22,25-26,36H,5-13,18-21H2,1-4H3,(H2,35,41)(H,37,42)(H,38,40)(H,39,45)(H,43,44)(H,46,47)/t25-,26-/m0/s1. The number of primary amides is 1. The van der Waals surface area contributed by atoms with Gasteiger partial charge in [-0.15, -0.1) is 0 Å². The number of carboxylic acid groups (broad SMARTS) is 2. The molecule has 0 radical (unpaired) electrons. The summed E-state index contributed by atoms with van der Waals surface area (Å²) < 4.78 is 0. The highest BCUT2D eigenvalue weighted by molar-refractivity contribution is 5.94. The molecule has 0 aromatic heterocycles. The molecule has 1 saturated carbocycles. The van der Waals surface area contributed by atoms with Crippen LogP contribution in [-0.4, -0.2) is 71.0 Å². The van der Waals surface area contributed by atoms with Gasteiger partial charge in [0.25, 0.3) is 5.91 Å². The minimum absolute atomic E-state index is 0.0111. The van der Waals surface area contributed by atoms with E-state index < -0.39 is 52.6 Å². The number of rotatable bonds is 22. The molecular weight excluding hydrogens is 606 g/mol. The van der Waals surface area contributed by atoms with Gasteiger partial charge in [-0.25, -0.2) is 4.79 Å². The minimum atomic E-state index is -1.28. The number of nitrogens with one attached hydrogen (secondary N) is 4. The molecule has 1 fully saturated rings. The molecular formula is C34H53N5O8. The summed E-state index contributed by atoms with van der Waals surface area (Å²) >= 11 is 0. The summed E-state index contributed by atoms with van der Waals surface area (Å²) in [6.07, 6.45) is 6.43. The number of unbranched alkanes of at least 4 members (excludes halogenated alkanes) is 1. The summed E-state index contributed by atoms with van der Waals surface area (Å²) in [5.41, 5.74) is 4.66. The van der Waals surface area contributed by atoms with Gasteiger partial charge in [0.1, 0.15) is 12.1 Å². The minimum Gasteiger partial charge on any atom is -0.481 e. The second kappa shape index (κ2) is 18.2. The Hall–Kier alpha value is -4.16. The maximum Gasteiger partial charge on any atom is 0.326 e. The van der Waals surface area contributed by atoms with E-state index in [0.29, 0.717) is 24.9 Å². The van der Waals surface area contributed by atoms with Gasteiger partial charge < -0.3 is 37.2 Å². The van der Waals surface area contributed by atoms with Crippen molar-refractivity contribution in [1.29, 1.82) is 0 Å². The van der Waals surface area contributed by atoms with Crippen LogP contribution in [0.2, 0.25) is 0 Å². The van der Waals surface area contributed by atoms with E-state index in [0.717, 1.165) is 24.6 Å². The predicted octanol–water partition coefficient (Wildman–Crippen LogP) is 3.43. The lowest BCUT2D eigenvalue weighted by atomic mass is 9.74. The number of amides is 4. The van der Waals surface area contributed by atoms with Crippen LogP contribution in [-0.2, 0) is 24.0 Å². The molecule has 1 aromatic carbocycles. The van der Waals surface area contributed by atoms with Gasteiger partial charge in [-0.3, -0.25) is 24.0 Å². The van der Waals surface area contributed by atoms with E-state index in [2.05, 4.69) is 21.3 Å². The second-order valence-corrected chi connectivity index (χ2v) is 13.9. The molecule has 1 aliphatic rings. The Bertz CT molecular complexity index is 1240. The molecule has 2 rings (SSSR count). The van der Waals surface area contributed by atoms with E-state index in [-0.39, 0.29) is 38.0 Å². The summed E-state index contributed by atoms with van der Waals surface area (Å²) in [5, 5.41) is 30.3. The fraction of sp³-hybridized carbons (Fsp3) is 0.647. The van der Waals surface area contributed by atoms with Crippen molar-refractivity contribution in [2.24, 2.45) is 22.5 Å². The molecule has 0 unspecified atom stereocenters. The van der Waals surface area contributed by atoms with E-state index in [1.807, 2.05) is 12.1 Å². The van der Waals surface area contributed by atoms with Crippen molar-refractivity contribution in [3.05, 3.63) is 29.8 Å². The predicted molar refractivity (Wildman–Crippen MR) is 177 cm³/mol.